The van der Waals surface area contributed by atoms with Crippen molar-refractivity contribution in [2.45, 2.75) is 31.0 Å². The standard InChI is InChI=1S/C19H19NO5/c1-11(21)20-13-8-6-12(7-9-13)19(10-16(22)23)17(24)14-4-2-3-5-15(14)18(19)25/h2-9,17-18,24-25H,10H2,1H3,(H,20,21)(H,22,23). The molecular weight excluding hydrogens is 322 g/mol. The number of rotatable bonds is 4. The molecule has 3 rings (SSSR count). The number of carboxylic acid groups (broad SMARTS) is 1. The summed E-state index contributed by atoms with van der Waals surface area (Å²) in [6.07, 6.45) is -2.73. The first-order chi connectivity index (χ1) is 11.9. The van der Waals surface area contributed by atoms with Crippen LogP contribution in [0.2, 0.25) is 0 Å². The maximum Gasteiger partial charge on any atom is 0.304 e. The Labute approximate surface area is 144 Å². The van der Waals surface area contributed by atoms with Crippen LogP contribution in [-0.4, -0.2) is 27.2 Å². The van der Waals surface area contributed by atoms with Gasteiger partial charge in [-0.2, -0.15) is 0 Å². The van der Waals surface area contributed by atoms with Gasteiger partial charge in [-0.05, 0) is 28.8 Å². The number of hydrogen-bond donors (Lipinski definition) is 4. The van der Waals surface area contributed by atoms with Crippen molar-refractivity contribution >= 4 is 17.6 Å². The topological polar surface area (TPSA) is 107 Å². The van der Waals surface area contributed by atoms with Gasteiger partial charge >= 0.3 is 5.97 Å². The summed E-state index contributed by atoms with van der Waals surface area (Å²) >= 11 is 0. The zero-order valence-electron chi connectivity index (χ0n) is 13.6. The van der Waals surface area contributed by atoms with Crippen LogP contribution in [0.4, 0.5) is 5.69 Å². The van der Waals surface area contributed by atoms with E-state index in [0.717, 1.165) is 0 Å². The van der Waals surface area contributed by atoms with Crippen molar-refractivity contribution in [1.29, 1.82) is 0 Å². The number of hydrogen-bond acceptors (Lipinski definition) is 4. The first-order valence-electron chi connectivity index (χ1n) is 7.91. The van der Waals surface area contributed by atoms with Gasteiger partial charge in [-0.1, -0.05) is 36.4 Å². The Hall–Kier alpha value is -2.70. The average molecular weight is 341 g/mol. The summed E-state index contributed by atoms with van der Waals surface area (Å²) < 4.78 is 0. The van der Waals surface area contributed by atoms with Crippen LogP contribution < -0.4 is 5.32 Å². The van der Waals surface area contributed by atoms with Crippen molar-refractivity contribution in [1.82, 2.24) is 0 Å². The van der Waals surface area contributed by atoms with E-state index >= 15 is 0 Å². The second-order valence-corrected chi connectivity index (χ2v) is 6.30. The molecule has 1 aliphatic rings. The van der Waals surface area contributed by atoms with Crippen LogP contribution in [0, 0.1) is 0 Å². The minimum atomic E-state index is -1.38. The van der Waals surface area contributed by atoms with Crippen molar-refractivity contribution in [3.8, 4) is 0 Å². The van der Waals surface area contributed by atoms with E-state index in [-0.39, 0.29) is 5.91 Å². The summed E-state index contributed by atoms with van der Waals surface area (Å²) in [5.41, 5.74) is 0.732. The van der Waals surface area contributed by atoms with Crippen LogP contribution in [0.15, 0.2) is 48.5 Å². The van der Waals surface area contributed by atoms with Crippen LogP contribution in [0.25, 0.3) is 0 Å². The van der Waals surface area contributed by atoms with Crippen molar-refractivity contribution < 1.29 is 24.9 Å². The fraction of sp³-hybridized carbons (Fsp3) is 0.263. The molecule has 0 heterocycles. The van der Waals surface area contributed by atoms with Gasteiger partial charge in [-0.3, -0.25) is 9.59 Å². The lowest BCUT2D eigenvalue weighted by Crippen LogP contribution is -2.37. The highest BCUT2D eigenvalue weighted by molar-refractivity contribution is 5.88. The highest BCUT2D eigenvalue weighted by Gasteiger charge is 2.54. The lowest BCUT2D eigenvalue weighted by Gasteiger charge is -2.35. The number of amides is 1. The number of anilines is 1. The lowest BCUT2D eigenvalue weighted by atomic mass is 9.71. The molecule has 0 radical (unpaired) electrons. The molecule has 0 spiro atoms. The normalized spacial score (nSPS) is 24.6. The molecule has 0 fully saturated rings. The van der Waals surface area contributed by atoms with Gasteiger partial charge in [-0.15, -0.1) is 0 Å². The molecule has 2 unspecified atom stereocenters. The van der Waals surface area contributed by atoms with Crippen molar-refractivity contribution in [2.75, 3.05) is 5.32 Å². The molecule has 6 nitrogen and oxygen atoms in total. The number of carbonyl (C=O) groups is 2. The Kier molecular flexibility index (Phi) is 4.32. The largest absolute Gasteiger partial charge is 0.481 e. The first kappa shape index (κ1) is 17.1. The number of fused-ring (bicyclic) bond motifs is 1. The third kappa shape index (κ3) is 2.79. The summed E-state index contributed by atoms with van der Waals surface area (Å²) in [4.78, 5) is 22.7. The summed E-state index contributed by atoms with van der Waals surface area (Å²) in [7, 11) is 0. The molecule has 0 saturated heterocycles. The predicted octanol–water partition coefficient (Wildman–Crippen LogP) is 2.14. The Bertz CT molecular complexity index is 786. The molecule has 1 aliphatic carbocycles. The SMILES string of the molecule is CC(=O)Nc1ccc(C2(CC(=O)O)C(O)c3ccccc3C2O)cc1. The molecule has 0 saturated carbocycles. The highest BCUT2D eigenvalue weighted by atomic mass is 16.4. The number of nitrogens with one attached hydrogen (secondary N) is 1. The third-order valence-corrected chi connectivity index (χ3v) is 4.75. The fourth-order valence-electron chi connectivity index (χ4n) is 3.64. The molecule has 2 aromatic rings. The Morgan fingerprint density at radius 1 is 1.00 bits per heavy atom. The van der Waals surface area contributed by atoms with Crippen molar-refractivity contribution in [3.63, 3.8) is 0 Å². The van der Waals surface area contributed by atoms with E-state index < -0.39 is 30.0 Å². The van der Waals surface area contributed by atoms with Gasteiger partial charge in [0.05, 0.1) is 24.0 Å². The van der Waals surface area contributed by atoms with Gasteiger partial charge in [0, 0.05) is 12.6 Å². The zero-order valence-corrected chi connectivity index (χ0v) is 13.6. The second kappa shape index (κ2) is 6.31. The molecular formula is C19H19NO5. The van der Waals surface area contributed by atoms with E-state index in [4.69, 9.17) is 0 Å². The van der Waals surface area contributed by atoms with Crippen LogP contribution in [-0.2, 0) is 15.0 Å². The van der Waals surface area contributed by atoms with Crippen LogP contribution >= 0.6 is 0 Å². The molecule has 0 aromatic heterocycles. The molecule has 6 heteroatoms. The molecule has 4 N–H and O–H groups in total. The summed E-state index contributed by atoms with van der Waals surface area (Å²) in [5, 5.41) is 33.8. The van der Waals surface area contributed by atoms with Gasteiger partial charge in [-0.25, -0.2) is 0 Å². The molecule has 2 atom stereocenters. The predicted molar refractivity (Wildman–Crippen MR) is 91.0 cm³/mol. The van der Waals surface area contributed by atoms with Gasteiger partial charge in [0.15, 0.2) is 0 Å². The smallest absolute Gasteiger partial charge is 0.304 e. The number of benzene rings is 2. The Morgan fingerprint density at radius 2 is 1.52 bits per heavy atom. The Balaban J connectivity index is 2.09. The summed E-state index contributed by atoms with van der Waals surface area (Å²) in [5.74, 6) is -1.34. The molecule has 0 aliphatic heterocycles. The van der Waals surface area contributed by atoms with Gasteiger partial charge in [0.25, 0.3) is 0 Å². The number of carboxylic acids is 1. The number of aliphatic hydroxyl groups excluding tert-OH is 2. The third-order valence-electron chi connectivity index (χ3n) is 4.75. The monoisotopic (exact) mass is 341 g/mol. The van der Waals surface area contributed by atoms with E-state index in [1.54, 1.807) is 48.5 Å². The Morgan fingerprint density at radius 3 is 1.96 bits per heavy atom. The van der Waals surface area contributed by atoms with E-state index in [9.17, 15) is 24.9 Å². The first-order valence-corrected chi connectivity index (χ1v) is 7.91. The van der Waals surface area contributed by atoms with Crippen LogP contribution in [0.3, 0.4) is 0 Å². The molecule has 2 aromatic carbocycles. The van der Waals surface area contributed by atoms with E-state index in [1.165, 1.54) is 6.92 Å². The minimum absolute atomic E-state index is 0.221. The minimum Gasteiger partial charge on any atom is -0.481 e. The van der Waals surface area contributed by atoms with E-state index in [1.807, 2.05) is 0 Å². The quantitative estimate of drug-likeness (QED) is 0.682. The molecule has 1 amide bonds. The average Bonchev–Trinajstić information content (AvgIpc) is 2.78. The van der Waals surface area contributed by atoms with Gasteiger partial charge in [0.2, 0.25) is 5.91 Å². The zero-order chi connectivity index (χ0) is 18.2. The highest BCUT2D eigenvalue weighted by Crippen LogP contribution is 2.56. The maximum absolute atomic E-state index is 11.5. The van der Waals surface area contributed by atoms with E-state index in [0.29, 0.717) is 22.4 Å². The van der Waals surface area contributed by atoms with Gasteiger partial charge < -0.3 is 20.6 Å². The number of aliphatic hydroxyl groups is 2. The fourth-order valence-corrected chi connectivity index (χ4v) is 3.64. The van der Waals surface area contributed by atoms with Crippen molar-refractivity contribution in [2.24, 2.45) is 0 Å². The number of carbonyl (C=O) groups excluding carboxylic acids is 1. The molecule has 130 valence electrons. The summed E-state index contributed by atoms with van der Waals surface area (Å²) in [6, 6.07) is 13.4. The van der Waals surface area contributed by atoms with Gasteiger partial charge in [0.1, 0.15) is 0 Å². The number of aliphatic carboxylic acids is 1. The summed E-state index contributed by atoms with van der Waals surface area (Å²) in [6.45, 7) is 1.39. The van der Waals surface area contributed by atoms with E-state index in [2.05, 4.69) is 5.32 Å². The maximum atomic E-state index is 11.5. The molecule has 25 heavy (non-hydrogen) atoms. The van der Waals surface area contributed by atoms with Crippen LogP contribution in [0.5, 0.6) is 0 Å². The second-order valence-electron chi connectivity index (χ2n) is 6.30. The van der Waals surface area contributed by atoms with Crippen molar-refractivity contribution in [3.05, 3.63) is 65.2 Å². The lowest BCUT2D eigenvalue weighted by molar-refractivity contribution is -0.142. The molecule has 0 bridgehead atoms. The van der Waals surface area contributed by atoms with Crippen LogP contribution in [0.1, 0.15) is 42.2 Å².